The maximum atomic E-state index is 11.4. The highest BCUT2D eigenvalue weighted by atomic mass is 16.2. The van der Waals surface area contributed by atoms with E-state index < -0.39 is 0 Å². The second-order valence-corrected chi connectivity index (χ2v) is 4.52. The smallest absolute Gasteiger partial charge is 0.238 e. The molecule has 4 heteroatoms. The van der Waals surface area contributed by atoms with E-state index in [2.05, 4.69) is 22.7 Å². The lowest BCUT2D eigenvalue weighted by Gasteiger charge is -2.26. The van der Waals surface area contributed by atoms with E-state index in [1.165, 1.54) is 6.42 Å². The van der Waals surface area contributed by atoms with Crippen molar-refractivity contribution < 1.29 is 4.79 Å². The third kappa shape index (κ3) is 1.42. The van der Waals surface area contributed by atoms with Gasteiger partial charge in [0.2, 0.25) is 5.91 Å². The second kappa shape index (κ2) is 3.51. The number of likely N-dealkylation sites (tertiary alicyclic amines) is 1. The Labute approximate surface area is 85.0 Å². The molecule has 0 aromatic carbocycles. The minimum absolute atomic E-state index is 0.00620. The molecule has 2 unspecified atom stereocenters. The van der Waals surface area contributed by atoms with Crippen molar-refractivity contribution in [2.24, 2.45) is 5.92 Å². The van der Waals surface area contributed by atoms with Crippen molar-refractivity contribution in [1.29, 1.82) is 0 Å². The first-order valence-corrected chi connectivity index (χ1v) is 5.47. The van der Waals surface area contributed by atoms with Crippen LogP contribution in [0.2, 0.25) is 0 Å². The lowest BCUT2D eigenvalue weighted by Crippen LogP contribution is -2.48. The molecule has 0 bridgehead atoms. The van der Waals surface area contributed by atoms with Gasteiger partial charge in [0.05, 0.1) is 11.5 Å². The minimum Gasteiger partial charge on any atom is -0.301 e. The Morgan fingerprint density at radius 2 is 2.43 bits per heavy atom. The Morgan fingerprint density at radius 3 is 3.00 bits per heavy atom. The first kappa shape index (κ1) is 9.93. The van der Waals surface area contributed by atoms with E-state index in [4.69, 9.17) is 0 Å². The monoisotopic (exact) mass is 197 g/mol. The molecule has 0 aromatic rings. The Hall–Kier alpha value is -0.610. The van der Waals surface area contributed by atoms with Crippen LogP contribution in [0, 0.1) is 5.92 Å². The number of nitrogens with one attached hydrogen (secondary N) is 2. The largest absolute Gasteiger partial charge is 0.301 e. The van der Waals surface area contributed by atoms with Crippen LogP contribution in [-0.2, 0) is 4.79 Å². The highest BCUT2D eigenvalue weighted by Gasteiger charge is 2.49. The Bertz CT molecular complexity index is 244. The van der Waals surface area contributed by atoms with E-state index in [-0.39, 0.29) is 17.4 Å². The van der Waals surface area contributed by atoms with E-state index in [0.29, 0.717) is 0 Å². The van der Waals surface area contributed by atoms with Crippen molar-refractivity contribution in [2.45, 2.75) is 32.2 Å². The van der Waals surface area contributed by atoms with E-state index in [1.54, 1.807) is 0 Å². The predicted molar refractivity (Wildman–Crippen MR) is 54.5 cm³/mol. The summed E-state index contributed by atoms with van der Waals surface area (Å²) < 4.78 is 0. The second-order valence-electron chi connectivity index (χ2n) is 4.52. The molecule has 1 spiro atoms. The molecular formula is C10H19N3O. The van der Waals surface area contributed by atoms with Gasteiger partial charge in [-0.2, -0.15) is 0 Å². The number of nitrogens with zero attached hydrogens (tertiary/aromatic N) is 1. The number of hydrogen-bond acceptors (Lipinski definition) is 3. The number of amides is 1. The van der Waals surface area contributed by atoms with Crippen molar-refractivity contribution in [3.63, 3.8) is 0 Å². The van der Waals surface area contributed by atoms with E-state index in [9.17, 15) is 4.79 Å². The van der Waals surface area contributed by atoms with Crippen LogP contribution >= 0.6 is 0 Å². The summed E-state index contributed by atoms with van der Waals surface area (Å²) in [7, 11) is 0. The zero-order valence-corrected chi connectivity index (χ0v) is 8.97. The highest BCUT2D eigenvalue weighted by molar-refractivity contribution is 5.81. The summed E-state index contributed by atoms with van der Waals surface area (Å²) in [6.07, 6.45) is 2.26. The lowest BCUT2D eigenvalue weighted by molar-refractivity contribution is -0.122. The third-order valence-corrected chi connectivity index (χ3v) is 3.58. The van der Waals surface area contributed by atoms with Gasteiger partial charge in [0, 0.05) is 13.1 Å². The standard InChI is InChI=1S/C10H19N3O/c1-3-5-13-6-4-10(7-13)8(2)9(14)11-12-10/h8,12H,3-7H2,1-2H3,(H,11,14). The maximum Gasteiger partial charge on any atom is 0.238 e. The van der Waals surface area contributed by atoms with Crippen LogP contribution in [0.15, 0.2) is 0 Å². The van der Waals surface area contributed by atoms with Crippen LogP contribution in [0.25, 0.3) is 0 Å². The van der Waals surface area contributed by atoms with Crippen molar-refractivity contribution in [3.05, 3.63) is 0 Å². The molecule has 2 aliphatic rings. The molecule has 2 saturated heterocycles. The van der Waals surface area contributed by atoms with Crippen LogP contribution < -0.4 is 10.9 Å². The summed E-state index contributed by atoms with van der Waals surface area (Å²) in [5.41, 5.74) is 5.93. The van der Waals surface area contributed by atoms with Crippen LogP contribution in [0.3, 0.4) is 0 Å². The molecule has 0 radical (unpaired) electrons. The molecule has 2 rings (SSSR count). The summed E-state index contributed by atoms with van der Waals surface area (Å²) in [4.78, 5) is 13.8. The maximum absolute atomic E-state index is 11.4. The predicted octanol–water partition coefficient (Wildman–Crippen LogP) is 0.111. The molecule has 2 heterocycles. The molecule has 2 aliphatic heterocycles. The van der Waals surface area contributed by atoms with Gasteiger partial charge in [-0.15, -0.1) is 0 Å². The van der Waals surface area contributed by atoms with Gasteiger partial charge in [0.25, 0.3) is 0 Å². The van der Waals surface area contributed by atoms with Crippen LogP contribution in [0.4, 0.5) is 0 Å². The van der Waals surface area contributed by atoms with Crippen molar-refractivity contribution in [2.75, 3.05) is 19.6 Å². The summed E-state index contributed by atoms with van der Waals surface area (Å²) >= 11 is 0. The molecule has 0 aromatic heterocycles. The minimum atomic E-state index is 0.00620. The fourth-order valence-corrected chi connectivity index (χ4v) is 2.53. The number of carbonyl (C=O) groups excluding carboxylic acids is 1. The van der Waals surface area contributed by atoms with Crippen LogP contribution in [0.5, 0.6) is 0 Å². The molecule has 0 saturated carbocycles. The average Bonchev–Trinajstić information content (AvgIpc) is 2.69. The summed E-state index contributed by atoms with van der Waals surface area (Å²) in [6, 6.07) is 0. The molecular weight excluding hydrogens is 178 g/mol. The first-order chi connectivity index (χ1) is 6.68. The van der Waals surface area contributed by atoms with Crippen molar-refractivity contribution in [1.82, 2.24) is 15.8 Å². The van der Waals surface area contributed by atoms with Crippen LogP contribution in [0.1, 0.15) is 26.7 Å². The molecule has 80 valence electrons. The number of hydrogen-bond donors (Lipinski definition) is 2. The molecule has 14 heavy (non-hydrogen) atoms. The molecule has 2 N–H and O–H groups in total. The van der Waals surface area contributed by atoms with E-state index in [0.717, 1.165) is 26.1 Å². The zero-order chi connectivity index (χ0) is 10.2. The fraction of sp³-hybridized carbons (Fsp3) is 0.900. The van der Waals surface area contributed by atoms with E-state index in [1.807, 2.05) is 6.92 Å². The number of carbonyl (C=O) groups is 1. The number of rotatable bonds is 2. The Balaban J connectivity index is 2.02. The number of hydrazine groups is 1. The molecule has 2 atom stereocenters. The molecule has 2 fully saturated rings. The molecule has 4 nitrogen and oxygen atoms in total. The first-order valence-electron chi connectivity index (χ1n) is 5.47. The Kier molecular flexibility index (Phi) is 2.49. The van der Waals surface area contributed by atoms with Gasteiger partial charge in [-0.1, -0.05) is 13.8 Å². The lowest BCUT2D eigenvalue weighted by atomic mass is 9.86. The van der Waals surface area contributed by atoms with E-state index >= 15 is 0 Å². The van der Waals surface area contributed by atoms with Gasteiger partial charge in [0.1, 0.15) is 0 Å². The topological polar surface area (TPSA) is 44.4 Å². The SMILES string of the molecule is CCCN1CCC2(C1)NNC(=O)C2C. The van der Waals surface area contributed by atoms with Gasteiger partial charge in [-0.3, -0.25) is 10.2 Å². The molecule has 1 amide bonds. The Morgan fingerprint density at radius 1 is 1.64 bits per heavy atom. The fourth-order valence-electron chi connectivity index (χ4n) is 2.53. The van der Waals surface area contributed by atoms with Gasteiger partial charge in [0.15, 0.2) is 0 Å². The van der Waals surface area contributed by atoms with Gasteiger partial charge < -0.3 is 4.90 Å². The van der Waals surface area contributed by atoms with Gasteiger partial charge in [-0.05, 0) is 19.4 Å². The normalized spacial score (nSPS) is 38.1. The third-order valence-electron chi connectivity index (χ3n) is 3.58. The average molecular weight is 197 g/mol. The van der Waals surface area contributed by atoms with Gasteiger partial charge in [-0.25, -0.2) is 5.43 Å². The van der Waals surface area contributed by atoms with Crippen LogP contribution in [-0.4, -0.2) is 36.0 Å². The summed E-state index contributed by atoms with van der Waals surface area (Å²) in [6.45, 7) is 7.47. The van der Waals surface area contributed by atoms with Crippen molar-refractivity contribution in [3.8, 4) is 0 Å². The van der Waals surface area contributed by atoms with Gasteiger partial charge >= 0.3 is 0 Å². The summed E-state index contributed by atoms with van der Waals surface area (Å²) in [5, 5.41) is 0. The summed E-state index contributed by atoms with van der Waals surface area (Å²) in [5.74, 6) is 0.243. The highest BCUT2D eigenvalue weighted by Crippen LogP contribution is 2.31. The van der Waals surface area contributed by atoms with Crippen molar-refractivity contribution >= 4 is 5.91 Å². The quantitative estimate of drug-likeness (QED) is 0.660. The molecule has 0 aliphatic carbocycles. The zero-order valence-electron chi connectivity index (χ0n) is 8.97.